The Morgan fingerprint density at radius 1 is 1.11 bits per heavy atom. The quantitative estimate of drug-likeness (QED) is 0.610. The Hall–Kier alpha value is -3.09. The lowest BCUT2D eigenvalue weighted by molar-refractivity contribution is 0.0526. The summed E-state index contributed by atoms with van der Waals surface area (Å²) in [4.78, 5) is 24.0. The summed E-state index contributed by atoms with van der Waals surface area (Å²) in [6, 6.07) is 7.34. The average Bonchev–Trinajstić information content (AvgIpc) is 3.04. The van der Waals surface area contributed by atoms with Gasteiger partial charge in [0.2, 0.25) is 0 Å². The van der Waals surface area contributed by atoms with Crippen LogP contribution in [0.25, 0.3) is 22.6 Å². The number of benzene rings is 1. The molecule has 3 aromatic rings. The van der Waals surface area contributed by atoms with Crippen LogP contribution in [0, 0.1) is 0 Å². The zero-order valence-electron chi connectivity index (χ0n) is 16.8. The molecule has 0 atom stereocenters. The van der Waals surface area contributed by atoms with Crippen molar-refractivity contribution in [2.45, 2.75) is 46.8 Å². The van der Waals surface area contributed by atoms with E-state index in [9.17, 15) is 4.79 Å². The fourth-order valence-electron chi connectivity index (χ4n) is 2.75. The number of carbonyl (C=O) groups excluding carboxylic acids is 1. The molecule has 28 heavy (non-hydrogen) atoms. The Bertz CT molecular complexity index is 979. The lowest BCUT2D eigenvalue weighted by Crippen LogP contribution is -2.09. The van der Waals surface area contributed by atoms with Crippen molar-refractivity contribution in [2.75, 3.05) is 6.61 Å². The highest BCUT2D eigenvalue weighted by atomic mass is 16.5. The molecular formula is C21H25N3O4. The maximum atomic E-state index is 11.9. The van der Waals surface area contributed by atoms with Crippen molar-refractivity contribution in [1.82, 2.24) is 15.0 Å². The number of hydrogen-bond donors (Lipinski definition) is 1. The molecule has 7 nitrogen and oxygen atoms in total. The van der Waals surface area contributed by atoms with Gasteiger partial charge < -0.3 is 19.2 Å². The minimum absolute atomic E-state index is 0.00836. The molecule has 0 radical (unpaired) electrons. The maximum Gasteiger partial charge on any atom is 0.339 e. The van der Waals surface area contributed by atoms with Gasteiger partial charge in [-0.1, -0.05) is 0 Å². The van der Waals surface area contributed by atoms with E-state index in [0.717, 1.165) is 11.3 Å². The van der Waals surface area contributed by atoms with Gasteiger partial charge in [0, 0.05) is 12.3 Å². The first-order valence-corrected chi connectivity index (χ1v) is 9.38. The van der Waals surface area contributed by atoms with E-state index in [1.165, 1.54) is 6.20 Å². The van der Waals surface area contributed by atoms with Crippen molar-refractivity contribution in [1.29, 1.82) is 0 Å². The van der Waals surface area contributed by atoms with Crippen LogP contribution in [0.1, 0.15) is 45.0 Å². The molecule has 0 aliphatic rings. The van der Waals surface area contributed by atoms with Gasteiger partial charge >= 0.3 is 5.97 Å². The molecule has 1 N–H and O–H groups in total. The first-order chi connectivity index (χ1) is 13.4. The lowest BCUT2D eigenvalue weighted by Gasteiger charge is -2.16. The maximum absolute atomic E-state index is 11.9. The zero-order valence-corrected chi connectivity index (χ0v) is 16.8. The molecule has 0 aliphatic carbocycles. The molecule has 1 aromatic carbocycles. The number of hydrogen-bond acceptors (Lipinski definition) is 6. The first kappa shape index (κ1) is 19.7. The number of carbonyl (C=O) groups is 1. The third-order valence-corrected chi connectivity index (χ3v) is 3.79. The number of fused-ring (bicyclic) bond motifs is 1. The van der Waals surface area contributed by atoms with Gasteiger partial charge in [0.05, 0.1) is 35.5 Å². The van der Waals surface area contributed by atoms with Crippen LogP contribution in [0.3, 0.4) is 0 Å². The summed E-state index contributed by atoms with van der Waals surface area (Å²) in [5.74, 6) is 1.59. The molecule has 0 saturated heterocycles. The fraction of sp³-hybridized carbons (Fsp3) is 0.381. The highest BCUT2D eigenvalue weighted by molar-refractivity contribution is 5.92. The second-order valence-corrected chi connectivity index (χ2v) is 6.89. The van der Waals surface area contributed by atoms with E-state index in [1.807, 2.05) is 45.9 Å². The molecule has 0 unspecified atom stereocenters. The van der Waals surface area contributed by atoms with Crippen LogP contribution >= 0.6 is 0 Å². The predicted molar refractivity (Wildman–Crippen MR) is 107 cm³/mol. The normalized spacial score (nSPS) is 11.2. The molecule has 0 aliphatic heterocycles. The molecule has 0 saturated carbocycles. The van der Waals surface area contributed by atoms with Gasteiger partial charge in [0.15, 0.2) is 5.65 Å². The number of nitrogens with zero attached hydrogens (tertiary/aromatic N) is 2. The molecule has 148 valence electrons. The summed E-state index contributed by atoms with van der Waals surface area (Å²) < 4.78 is 16.8. The van der Waals surface area contributed by atoms with Crippen LogP contribution in [0.2, 0.25) is 0 Å². The third-order valence-electron chi connectivity index (χ3n) is 3.79. The number of rotatable bonds is 7. The molecule has 0 spiro atoms. The highest BCUT2D eigenvalue weighted by Crippen LogP contribution is 2.34. The van der Waals surface area contributed by atoms with E-state index in [4.69, 9.17) is 14.2 Å². The summed E-state index contributed by atoms with van der Waals surface area (Å²) in [6.07, 6.45) is 1.52. The van der Waals surface area contributed by atoms with Gasteiger partial charge in [-0.3, -0.25) is 0 Å². The van der Waals surface area contributed by atoms with Crippen molar-refractivity contribution >= 4 is 17.1 Å². The molecule has 2 heterocycles. The van der Waals surface area contributed by atoms with E-state index < -0.39 is 5.97 Å². The summed E-state index contributed by atoms with van der Waals surface area (Å²) in [7, 11) is 0. The monoisotopic (exact) mass is 383 g/mol. The molecule has 3 rings (SSSR count). The van der Waals surface area contributed by atoms with E-state index in [2.05, 4.69) is 15.0 Å². The van der Waals surface area contributed by atoms with Crippen LogP contribution in [-0.4, -0.2) is 39.7 Å². The summed E-state index contributed by atoms with van der Waals surface area (Å²) in [6.45, 7) is 9.95. The number of esters is 1. The molecule has 2 aromatic heterocycles. The first-order valence-electron chi connectivity index (χ1n) is 9.38. The van der Waals surface area contributed by atoms with Crippen LogP contribution in [0.15, 0.2) is 30.5 Å². The lowest BCUT2D eigenvalue weighted by atomic mass is 10.1. The third kappa shape index (κ3) is 4.42. The van der Waals surface area contributed by atoms with Crippen molar-refractivity contribution in [3.05, 3.63) is 36.0 Å². The minimum Gasteiger partial charge on any atom is -0.491 e. The summed E-state index contributed by atoms with van der Waals surface area (Å²) >= 11 is 0. The second-order valence-electron chi connectivity index (χ2n) is 6.89. The number of pyridine rings is 1. The van der Waals surface area contributed by atoms with Gasteiger partial charge in [-0.2, -0.15) is 0 Å². The molecule has 7 heteroatoms. The highest BCUT2D eigenvalue weighted by Gasteiger charge is 2.16. The fourth-order valence-corrected chi connectivity index (χ4v) is 2.75. The van der Waals surface area contributed by atoms with Crippen LogP contribution in [-0.2, 0) is 4.74 Å². The number of aromatic nitrogens is 3. The largest absolute Gasteiger partial charge is 0.491 e. The summed E-state index contributed by atoms with van der Waals surface area (Å²) in [5.41, 5.74) is 2.34. The molecule has 0 bridgehead atoms. The topological polar surface area (TPSA) is 86.3 Å². The van der Waals surface area contributed by atoms with Crippen LogP contribution in [0.4, 0.5) is 0 Å². The van der Waals surface area contributed by atoms with Crippen molar-refractivity contribution in [3.8, 4) is 22.9 Å². The Labute approximate surface area is 164 Å². The Kier molecular flexibility index (Phi) is 5.82. The van der Waals surface area contributed by atoms with Crippen LogP contribution < -0.4 is 9.47 Å². The Morgan fingerprint density at radius 3 is 2.54 bits per heavy atom. The molecule has 0 amide bonds. The van der Waals surface area contributed by atoms with E-state index in [0.29, 0.717) is 34.9 Å². The number of aromatic amines is 1. The predicted octanol–water partition coefficient (Wildman–Crippen LogP) is 4.38. The number of ether oxygens (including phenoxy) is 3. The number of nitrogens with one attached hydrogen (secondary N) is 1. The van der Waals surface area contributed by atoms with Crippen LogP contribution in [0.5, 0.6) is 11.5 Å². The summed E-state index contributed by atoms with van der Waals surface area (Å²) in [5, 5.41) is 0. The molecule has 0 fully saturated rings. The standard InChI is InChI=1S/C21H25N3O4/c1-6-26-21(25)14-9-17-20(22-11-14)24-19(23-17)16-8-7-15(27-12(2)3)10-18(16)28-13(4)5/h7-13H,6H2,1-5H3,(H,22,23,24). The average molecular weight is 383 g/mol. The van der Waals surface area contributed by atoms with Crippen molar-refractivity contribution in [2.24, 2.45) is 0 Å². The molecular weight excluding hydrogens is 358 g/mol. The van der Waals surface area contributed by atoms with E-state index >= 15 is 0 Å². The van der Waals surface area contributed by atoms with Crippen molar-refractivity contribution in [3.63, 3.8) is 0 Å². The van der Waals surface area contributed by atoms with E-state index in [-0.39, 0.29) is 12.2 Å². The van der Waals surface area contributed by atoms with Gasteiger partial charge in [-0.25, -0.2) is 14.8 Å². The van der Waals surface area contributed by atoms with Gasteiger partial charge in [0.25, 0.3) is 0 Å². The zero-order chi connectivity index (χ0) is 20.3. The SMILES string of the molecule is CCOC(=O)c1cnc2nc(-c3ccc(OC(C)C)cc3OC(C)C)[nH]c2c1. The second kappa shape index (κ2) is 8.29. The van der Waals surface area contributed by atoms with Crippen molar-refractivity contribution < 1.29 is 19.0 Å². The Morgan fingerprint density at radius 2 is 1.86 bits per heavy atom. The Balaban J connectivity index is 2.01. The van der Waals surface area contributed by atoms with E-state index in [1.54, 1.807) is 13.0 Å². The van der Waals surface area contributed by atoms with Gasteiger partial charge in [-0.05, 0) is 52.8 Å². The smallest absolute Gasteiger partial charge is 0.339 e. The number of imidazole rings is 1. The minimum atomic E-state index is -0.410. The number of H-pyrrole nitrogens is 1. The van der Waals surface area contributed by atoms with Gasteiger partial charge in [-0.15, -0.1) is 0 Å². The van der Waals surface area contributed by atoms with Gasteiger partial charge in [0.1, 0.15) is 17.3 Å².